The third-order valence-corrected chi connectivity index (χ3v) is 4.16. The minimum Gasteiger partial charge on any atom is -0.467 e. The first kappa shape index (κ1) is 17.3. The maximum absolute atomic E-state index is 12.6. The monoisotopic (exact) mass is 354 g/mol. The molecule has 0 aliphatic carbocycles. The number of nitro benzene ring substituents is 1. The molecule has 2 aromatic carbocycles. The second-order valence-corrected chi connectivity index (χ2v) is 5.70. The highest BCUT2D eigenvalue weighted by atomic mass is 16.6. The van der Waals surface area contributed by atoms with Gasteiger partial charge in [0.25, 0.3) is 17.5 Å². The van der Waals surface area contributed by atoms with Gasteiger partial charge >= 0.3 is 5.97 Å². The van der Waals surface area contributed by atoms with Crippen LogP contribution in [0.5, 0.6) is 0 Å². The summed E-state index contributed by atoms with van der Waals surface area (Å²) < 4.78 is 4.75. The summed E-state index contributed by atoms with van der Waals surface area (Å²) in [5.74, 6) is -1.95. The Balaban J connectivity index is 1.97. The van der Waals surface area contributed by atoms with Gasteiger partial charge in [-0.25, -0.2) is 4.79 Å². The van der Waals surface area contributed by atoms with Gasteiger partial charge in [-0.2, -0.15) is 0 Å². The molecule has 1 atom stereocenters. The molecule has 1 aliphatic rings. The van der Waals surface area contributed by atoms with E-state index < -0.39 is 28.7 Å². The van der Waals surface area contributed by atoms with Crippen LogP contribution in [0, 0.1) is 10.1 Å². The highest BCUT2D eigenvalue weighted by Crippen LogP contribution is 2.27. The summed E-state index contributed by atoms with van der Waals surface area (Å²) in [5.41, 5.74) is 0.718. The van der Waals surface area contributed by atoms with Crippen LogP contribution < -0.4 is 0 Å². The van der Waals surface area contributed by atoms with E-state index >= 15 is 0 Å². The van der Waals surface area contributed by atoms with Gasteiger partial charge in [-0.3, -0.25) is 24.6 Å². The fraction of sp³-hybridized carbons (Fsp3) is 0.167. The number of imide groups is 1. The number of esters is 1. The van der Waals surface area contributed by atoms with Crippen LogP contribution in [0.4, 0.5) is 5.69 Å². The van der Waals surface area contributed by atoms with Crippen LogP contribution in [-0.2, 0) is 16.0 Å². The largest absolute Gasteiger partial charge is 0.467 e. The Labute approximate surface area is 148 Å². The van der Waals surface area contributed by atoms with E-state index in [0.717, 1.165) is 12.0 Å². The fourth-order valence-electron chi connectivity index (χ4n) is 2.93. The number of benzene rings is 2. The molecule has 132 valence electrons. The molecule has 0 bridgehead atoms. The minimum atomic E-state index is -1.21. The second-order valence-electron chi connectivity index (χ2n) is 5.70. The predicted octanol–water partition coefficient (Wildman–Crippen LogP) is 1.98. The van der Waals surface area contributed by atoms with E-state index in [2.05, 4.69) is 0 Å². The molecule has 2 aromatic rings. The van der Waals surface area contributed by atoms with E-state index in [1.54, 1.807) is 18.2 Å². The maximum atomic E-state index is 12.6. The van der Waals surface area contributed by atoms with Crippen LogP contribution >= 0.6 is 0 Å². The molecule has 0 aromatic heterocycles. The minimum absolute atomic E-state index is 0.0835. The van der Waals surface area contributed by atoms with Crippen molar-refractivity contribution >= 4 is 23.5 Å². The molecule has 8 nitrogen and oxygen atoms in total. The zero-order valence-corrected chi connectivity index (χ0v) is 13.7. The molecule has 0 unspecified atom stereocenters. The first-order valence-corrected chi connectivity index (χ1v) is 7.72. The number of rotatable bonds is 5. The lowest BCUT2D eigenvalue weighted by Crippen LogP contribution is -2.46. The van der Waals surface area contributed by atoms with Gasteiger partial charge in [-0.05, 0) is 17.7 Å². The number of nitro groups is 1. The van der Waals surface area contributed by atoms with Crippen LogP contribution in [0.3, 0.4) is 0 Å². The Morgan fingerprint density at radius 2 is 1.73 bits per heavy atom. The van der Waals surface area contributed by atoms with E-state index in [0.29, 0.717) is 5.56 Å². The Morgan fingerprint density at radius 1 is 1.12 bits per heavy atom. The van der Waals surface area contributed by atoms with E-state index in [1.165, 1.54) is 30.3 Å². The molecule has 0 saturated carbocycles. The summed E-state index contributed by atoms with van der Waals surface area (Å²) >= 11 is 0. The Kier molecular flexibility index (Phi) is 4.49. The lowest BCUT2D eigenvalue weighted by Gasteiger charge is -2.24. The number of amides is 2. The van der Waals surface area contributed by atoms with E-state index in [4.69, 9.17) is 4.74 Å². The molecule has 0 spiro atoms. The Bertz CT molecular complexity index is 888. The quantitative estimate of drug-likeness (QED) is 0.352. The fourth-order valence-corrected chi connectivity index (χ4v) is 2.93. The van der Waals surface area contributed by atoms with Crippen LogP contribution in [0.1, 0.15) is 26.3 Å². The van der Waals surface area contributed by atoms with Crippen molar-refractivity contribution in [3.8, 4) is 0 Å². The van der Waals surface area contributed by atoms with Crippen LogP contribution in [0.15, 0.2) is 48.5 Å². The summed E-state index contributed by atoms with van der Waals surface area (Å²) in [6, 6.07) is 10.7. The van der Waals surface area contributed by atoms with Crippen LogP contribution in [-0.4, -0.2) is 40.8 Å². The van der Waals surface area contributed by atoms with Gasteiger partial charge < -0.3 is 4.74 Å². The molecule has 3 rings (SSSR count). The number of nitrogens with zero attached hydrogens (tertiary/aromatic N) is 2. The first-order valence-electron chi connectivity index (χ1n) is 7.72. The van der Waals surface area contributed by atoms with Crippen molar-refractivity contribution in [1.29, 1.82) is 0 Å². The lowest BCUT2D eigenvalue weighted by atomic mass is 10.0. The van der Waals surface area contributed by atoms with Crippen LogP contribution in [0.2, 0.25) is 0 Å². The van der Waals surface area contributed by atoms with Gasteiger partial charge in [0.1, 0.15) is 6.04 Å². The number of hydrogen-bond donors (Lipinski definition) is 0. The summed E-state index contributed by atoms with van der Waals surface area (Å²) in [6.45, 7) is 0. The van der Waals surface area contributed by atoms with Crippen molar-refractivity contribution in [1.82, 2.24) is 4.90 Å². The highest BCUT2D eigenvalue weighted by molar-refractivity contribution is 6.22. The molecule has 0 saturated heterocycles. The smallest absolute Gasteiger partial charge is 0.329 e. The normalized spacial score (nSPS) is 14.1. The average Bonchev–Trinajstić information content (AvgIpc) is 2.90. The number of carbonyl (C=O) groups excluding carboxylic acids is 3. The van der Waals surface area contributed by atoms with E-state index in [1.807, 2.05) is 0 Å². The summed E-state index contributed by atoms with van der Waals surface area (Å²) in [4.78, 5) is 48.7. The molecule has 8 heteroatoms. The molecule has 0 N–H and O–H groups in total. The zero-order chi connectivity index (χ0) is 18.8. The Morgan fingerprint density at radius 3 is 2.27 bits per heavy atom. The molecule has 1 aliphatic heterocycles. The zero-order valence-electron chi connectivity index (χ0n) is 13.7. The Hall–Kier alpha value is -3.55. The first-order chi connectivity index (χ1) is 12.4. The highest BCUT2D eigenvalue weighted by Gasteiger charge is 2.43. The van der Waals surface area contributed by atoms with Gasteiger partial charge in [0.2, 0.25) is 0 Å². The molecule has 1 heterocycles. The number of non-ortho nitro benzene ring substituents is 1. The molecule has 0 radical (unpaired) electrons. The topological polar surface area (TPSA) is 107 Å². The number of methoxy groups -OCH3 is 1. The van der Waals surface area contributed by atoms with Crippen molar-refractivity contribution in [2.45, 2.75) is 12.5 Å². The van der Waals surface area contributed by atoms with Crippen molar-refractivity contribution in [2.24, 2.45) is 0 Å². The predicted molar refractivity (Wildman–Crippen MR) is 89.5 cm³/mol. The maximum Gasteiger partial charge on any atom is 0.329 e. The summed E-state index contributed by atoms with van der Waals surface area (Å²) in [7, 11) is 1.15. The second kappa shape index (κ2) is 6.75. The molecule has 2 amide bonds. The van der Waals surface area contributed by atoms with Gasteiger partial charge in [-0.1, -0.05) is 24.3 Å². The number of ether oxygens (including phenoxy) is 1. The van der Waals surface area contributed by atoms with Crippen molar-refractivity contribution in [3.63, 3.8) is 0 Å². The number of carbonyl (C=O) groups is 3. The lowest BCUT2D eigenvalue weighted by molar-refractivity contribution is -0.384. The van der Waals surface area contributed by atoms with Crippen molar-refractivity contribution in [2.75, 3.05) is 7.11 Å². The van der Waals surface area contributed by atoms with E-state index in [9.17, 15) is 24.5 Å². The molecular formula is C18H14N2O6. The third kappa shape index (κ3) is 2.92. The van der Waals surface area contributed by atoms with Gasteiger partial charge in [-0.15, -0.1) is 0 Å². The number of hydrogen-bond acceptors (Lipinski definition) is 6. The average molecular weight is 354 g/mol. The molecular weight excluding hydrogens is 340 g/mol. The third-order valence-electron chi connectivity index (χ3n) is 4.16. The standard InChI is InChI=1S/C18H14N2O6/c1-26-18(23)15(10-11-5-4-6-12(9-11)20(24)25)19-16(21)13-7-2-3-8-14(13)17(19)22/h2-9,15H,10H2,1H3/t15-/m1/s1. The summed E-state index contributed by atoms with van der Waals surface area (Å²) in [5, 5.41) is 10.9. The van der Waals surface area contributed by atoms with Crippen LogP contribution in [0.25, 0.3) is 0 Å². The SMILES string of the molecule is COC(=O)[C@@H](Cc1cccc([N+](=O)[O-])c1)N1C(=O)c2ccccc2C1=O. The van der Waals surface area contributed by atoms with Gasteiger partial charge in [0.05, 0.1) is 23.2 Å². The number of fused-ring (bicyclic) bond motifs is 1. The van der Waals surface area contributed by atoms with Gasteiger partial charge in [0.15, 0.2) is 0 Å². The summed E-state index contributed by atoms with van der Waals surface area (Å²) in [6.07, 6.45) is -0.0835. The van der Waals surface area contributed by atoms with Gasteiger partial charge in [0, 0.05) is 18.6 Å². The molecule has 0 fully saturated rings. The molecule has 26 heavy (non-hydrogen) atoms. The van der Waals surface area contributed by atoms with Crippen molar-refractivity contribution < 1.29 is 24.0 Å². The van der Waals surface area contributed by atoms with E-state index in [-0.39, 0.29) is 23.2 Å². The van der Waals surface area contributed by atoms with Crippen molar-refractivity contribution in [3.05, 3.63) is 75.3 Å².